The van der Waals surface area contributed by atoms with E-state index in [4.69, 9.17) is 4.74 Å². The maximum absolute atomic E-state index is 6.13. The summed E-state index contributed by atoms with van der Waals surface area (Å²) >= 11 is 0. The second-order valence-corrected chi connectivity index (χ2v) is 6.74. The van der Waals surface area contributed by atoms with Gasteiger partial charge in [-0.3, -0.25) is 9.88 Å². The molecule has 0 radical (unpaired) electrons. The lowest BCUT2D eigenvalue weighted by atomic mass is 10.1. The minimum Gasteiger partial charge on any atom is -0.372 e. The van der Waals surface area contributed by atoms with Crippen LogP contribution in [0.5, 0.6) is 0 Å². The molecular weight excluding hydrogens is 324 g/mol. The first-order chi connectivity index (χ1) is 12.9. The summed E-state index contributed by atoms with van der Waals surface area (Å²) in [7, 11) is 0. The summed E-state index contributed by atoms with van der Waals surface area (Å²) < 4.78 is 8.16. The van der Waals surface area contributed by atoms with Crippen LogP contribution in [0, 0.1) is 0 Å². The lowest BCUT2D eigenvalue weighted by molar-refractivity contribution is -0.0125. The molecule has 1 fully saturated rings. The zero-order valence-corrected chi connectivity index (χ0v) is 14.9. The molecule has 0 bridgehead atoms. The number of hydrogen-bond donors (Lipinski definition) is 0. The normalized spacial score (nSPS) is 18.1. The minimum absolute atomic E-state index is 0.275. The van der Waals surface area contributed by atoms with Crippen molar-refractivity contribution in [2.75, 3.05) is 13.1 Å². The molecule has 1 aromatic carbocycles. The average Bonchev–Trinajstić information content (AvgIpc) is 3.16. The van der Waals surface area contributed by atoms with Gasteiger partial charge in [-0.15, -0.1) is 0 Å². The van der Waals surface area contributed by atoms with Crippen LogP contribution in [-0.2, 0) is 17.9 Å². The molecule has 3 heterocycles. The molecule has 0 saturated carbocycles. The van der Waals surface area contributed by atoms with Gasteiger partial charge in [0.25, 0.3) is 0 Å². The summed E-state index contributed by atoms with van der Waals surface area (Å²) in [4.78, 5) is 6.62. The Balaban J connectivity index is 1.36. The molecule has 1 atom stereocenters. The van der Waals surface area contributed by atoms with Crippen LogP contribution >= 0.6 is 0 Å². The van der Waals surface area contributed by atoms with Crippen LogP contribution in [0.2, 0.25) is 0 Å². The number of rotatable bonds is 6. The van der Waals surface area contributed by atoms with E-state index in [1.807, 2.05) is 41.3 Å². The zero-order valence-electron chi connectivity index (χ0n) is 14.9. The van der Waals surface area contributed by atoms with Crippen LogP contribution in [0.4, 0.5) is 0 Å². The number of para-hydroxylation sites is 1. The number of likely N-dealkylation sites (tertiary alicyclic amines) is 1. The van der Waals surface area contributed by atoms with Crippen LogP contribution < -0.4 is 0 Å². The number of pyridine rings is 1. The smallest absolute Gasteiger partial charge is 0.0736 e. The Labute approximate surface area is 154 Å². The highest BCUT2D eigenvalue weighted by molar-refractivity contribution is 5.32. The van der Waals surface area contributed by atoms with Crippen LogP contribution in [0.15, 0.2) is 67.1 Å². The van der Waals surface area contributed by atoms with Crippen molar-refractivity contribution in [3.63, 3.8) is 0 Å². The molecule has 0 N–H and O–H groups in total. The first kappa shape index (κ1) is 16.9. The molecule has 0 spiro atoms. The molecule has 3 aromatic rings. The molecule has 1 aliphatic heterocycles. The SMILES string of the molecule is c1ccc(-n2nccc2CN2CCC[C@H](OCc3cccnc3)C2)cc1. The van der Waals surface area contributed by atoms with Gasteiger partial charge < -0.3 is 4.74 Å². The number of nitrogens with zero attached hydrogens (tertiary/aromatic N) is 4. The van der Waals surface area contributed by atoms with Crippen molar-refractivity contribution < 1.29 is 4.74 Å². The van der Waals surface area contributed by atoms with Crippen molar-refractivity contribution in [2.24, 2.45) is 0 Å². The Hall–Kier alpha value is -2.50. The second-order valence-electron chi connectivity index (χ2n) is 6.74. The van der Waals surface area contributed by atoms with E-state index in [2.05, 4.69) is 39.2 Å². The van der Waals surface area contributed by atoms with Gasteiger partial charge in [-0.1, -0.05) is 24.3 Å². The van der Waals surface area contributed by atoms with E-state index in [-0.39, 0.29) is 6.10 Å². The van der Waals surface area contributed by atoms with E-state index < -0.39 is 0 Å². The van der Waals surface area contributed by atoms with Gasteiger partial charge in [-0.05, 0) is 49.2 Å². The Morgan fingerprint density at radius 2 is 1.96 bits per heavy atom. The van der Waals surface area contributed by atoms with Crippen molar-refractivity contribution in [3.05, 3.63) is 78.4 Å². The van der Waals surface area contributed by atoms with Crippen molar-refractivity contribution in [1.29, 1.82) is 0 Å². The summed E-state index contributed by atoms with van der Waals surface area (Å²) in [6.07, 6.45) is 8.10. The maximum atomic E-state index is 6.13. The van der Waals surface area contributed by atoms with Gasteiger partial charge in [0.15, 0.2) is 0 Å². The number of hydrogen-bond acceptors (Lipinski definition) is 4. The standard InChI is InChI=1S/C21H24N4O/c1-2-7-19(8-3-1)25-20(10-12-23-25)15-24-13-5-9-21(16-24)26-17-18-6-4-11-22-14-18/h1-4,6-8,10-12,14,21H,5,9,13,15-17H2/t21-/m0/s1. The number of benzene rings is 1. The highest BCUT2D eigenvalue weighted by Crippen LogP contribution is 2.18. The van der Waals surface area contributed by atoms with Gasteiger partial charge >= 0.3 is 0 Å². The Bertz CT molecular complexity index is 803. The highest BCUT2D eigenvalue weighted by atomic mass is 16.5. The fourth-order valence-electron chi connectivity index (χ4n) is 3.47. The quantitative estimate of drug-likeness (QED) is 0.684. The lowest BCUT2D eigenvalue weighted by Gasteiger charge is -2.32. The van der Waals surface area contributed by atoms with Crippen molar-refractivity contribution >= 4 is 0 Å². The molecule has 0 unspecified atom stereocenters. The minimum atomic E-state index is 0.275. The monoisotopic (exact) mass is 348 g/mol. The predicted molar refractivity (Wildman–Crippen MR) is 101 cm³/mol. The summed E-state index contributed by atoms with van der Waals surface area (Å²) in [6, 6.07) is 16.4. The number of aromatic nitrogens is 3. The van der Waals surface area contributed by atoms with E-state index in [9.17, 15) is 0 Å². The van der Waals surface area contributed by atoms with Crippen molar-refractivity contribution in [2.45, 2.75) is 32.1 Å². The predicted octanol–water partition coefficient (Wildman–Crippen LogP) is 3.45. The van der Waals surface area contributed by atoms with Crippen LogP contribution in [0.25, 0.3) is 5.69 Å². The first-order valence-corrected chi connectivity index (χ1v) is 9.20. The molecule has 5 heteroatoms. The molecule has 1 aliphatic rings. The Kier molecular flexibility index (Phi) is 5.38. The number of ether oxygens (including phenoxy) is 1. The molecule has 2 aromatic heterocycles. The van der Waals surface area contributed by atoms with Gasteiger partial charge in [-0.25, -0.2) is 4.68 Å². The fourth-order valence-corrected chi connectivity index (χ4v) is 3.47. The van der Waals surface area contributed by atoms with Crippen molar-refractivity contribution in [3.8, 4) is 5.69 Å². The van der Waals surface area contributed by atoms with E-state index in [1.54, 1.807) is 6.20 Å². The summed E-state index contributed by atoms with van der Waals surface area (Å²) in [6.45, 7) is 3.59. The van der Waals surface area contributed by atoms with E-state index in [1.165, 1.54) is 5.69 Å². The molecule has 134 valence electrons. The van der Waals surface area contributed by atoms with Crippen molar-refractivity contribution in [1.82, 2.24) is 19.7 Å². The Morgan fingerprint density at radius 3 is 2.81 bits per heavy atom. The third kappa shape index (κ3) is 4.18. The summed E-state index contributed by atoms with van der Waals surface area (Å²) in [5.41, 5.74) is 3.45. The average molecular weight is 348 g/mol. The van der Waals surface area contributed by atoms with Gasteiger partial charge in [0, 0.05) is 31.7 Å². The summed E-state index contributed by atoms with van der Waals surface area (Å²) in [5.74, 6) is 0. The lowest BCUT2D eigenvalue weighted by Crippen LogP contribution is -2.39. The molecule has 1 saturated heterocycles. The van der Waals surface area contributed by atoms with Crippen LogP contribution in [-0.4, -0.2) is 38.9 Å². The molecule has 4 rings (SSSR count). The zero-order chi connectivity index (χ0) is 17.6. The summed E-state index contributed by atoms with van der Waals surface area (Å²) in [5, 5.41) is 4.50. The topological polar surface area (TPSA) is 43.2 Å². The van der Waals surface area contributed by atoms with E-state index >= 15 is 0 Å². The second kappa shape index (κ2) is 8.25. The third-order valence-corrected chi connectivity index (χ3v) is 4.78. The van der Waals surface area contributed by atoms with Gasteiger partial charge in [0.1, 0.15) is 0 Å². The van der Waals surface area contributed by atoms with Gasteiger partial charge in [0.2, 0.25) is 0 Å². The molecule has 0 amide bonds. The van der Waals surface area contributed by atoms with Crippen LogP contribution in [0.1, 0.15) is 24.1 Å². The molecule has 0 aliphatic carbocycles. The van der Waals surface area contributed by atoms with E-state index in [0.29, 0.717) is 6.61 Å². The van der Waals surface area contributed by atoms with Gasteiger partial charge in [0.05, 0.1) is 24.1 Å². The number of piperidine rings is 1. The van der Waals surface area contributed by atoms with Crippen LogP contribution in [0.3, 0.4) is 0 Å². The third-order valence-electron chi connectivity index (χ3n) is 4.78. The first-order valence-electron chi connectivity index (χ1n) is 9.20. The Morgan fingerprint density at radius 1 is 1.04 bits per heavy atom. The van der Waals surface area contributed by atoms with Gasteiger partial charge in [-0.2, -0.15) is 5.10 Å². The molecule has 5 nitrogen and oxygen atoms in total. The van der Waals surface area contributed by atoms with E-state index in [0.717, 1.165) is 43.7 Å². The fraction of sp³-hybridized carbons (Fsp3) is 0.333. The largest absolute Gasteiger partial charge is 0.372 e. The molecular formula is C21H24N4O. The maximum Gasteiger partial charge on any atom is 0.0736 e. The molecule has 26 heavy (non-hydrogen) atoms. The highest BCUT2D eigenvalue weighted by Gasteiger charge is 2.21.